The molecule has 0 nitrogen and oxygen atoms in total. The van der Waals surface area contributed by atoms with E-state index in [1.54, 1.807) is 0 Å². The van der Waals surface area contributed by atoms with Crippen molar-refractivity contribution in [3.63, 3.8) is 0 Å². The maximum atomic E-state index is 5.84. The summed E-state index contributed by atoms with van der Waals surface area (Å²) >= 11 is 22.5. The van der Waals surface area contributed by atoms with E-state index in [1.807, 2.05) is 6.08 Å². The van der Waals surface area contributed by atoms with Gasteiger partial charge < -0.3 is 0 Å². The SMILES string of the molecule is CCCCCCC=C(Cl)C(Cl)=C(Cl)Cl. The zero-order valence-corrected chi connectivity index (χ0v) is 11.1. The number of allylic oxidation sites excluding steroid dienone is 3. The molecule has 0 aromatic carbocycles. The molecule has 0 heterocycles. The van der Waals surface area contributed by atoms with Crippen LogP contribution in [0.3, 0.4) is 0 Å². The summed E-state index contributed by atoms with van der Waals surface area (Å²) in [5.41, 5.74) is 0. The Morgan fingerprint density at radius 3 is 2.14 bits per heavy atom. The summed E-state index contributed by atoms with van der Waals surface area (Å²) in [6, 6.07) is 0. The highest BCUT2D eigenvalue weighted by Crippen LogP contribution is 2.27. The smallest absolute Gasteiger partial charge is 0.0830 e. The van der Waals surface area contributed by atoms with E-state index in [-0.39, 0.29) is 9.52 Å². The second kappa shape index (κ2) is 8.91. The summed E-state index contributed by atoms with van der Waals surface area (Å²) in [7, 11) is 0. The molecule has 4 heteroatoms. The lowest BCUT2D eigenvalue weighted by Gasteiger charge is -1.98. The maximum absolute atomic E-state index is 5.84. The van der Waals surface area contributed by atoms with E-state index in [1.165, 1.54) is 19.3 Å². The molecule has 0 saturated carbocycles. The number of hydrogen-bond acceptors (Lipinski definition) is 0. The molecule has 0 spiro atoms. The first-order valence-electron chi connectivity index (χ1n) is 4.66. The molecule has 82 valence electrons. The first-order chi connectivity index (χ1) is 6.59. The van der Waals surface area contributed by atoms with Gasteiger partial charge in [0, 0.05) is 0 Å². The van der Waals surface area contributed by atoms with Crippen molar-refractivity contribution in [1.82, 2.24) is 0 Å². The highest BCUT2D eigenvalue weighted by atomic mass is 35.5. The van der Waals surface area contributed by atoms with Crippen molar-refractivity contribution in [2.75, 3.05) is 0 Å². The lowest BCUT2D eigenvalue weighted by molar-refractivity contribution is 0.674. The van der Waals surface area contributed by atoms with E-state index in [0.29, 0.717) is 5.03 Å². The number of hydrogen-bond donors (Lipinski definition) is 0. The molecule has 14 heavy (non-hydrogen) atoms. The Kier molecular flexibility index (Phi) is 9.32. The van der Waals surface area contributed by atoms with E-state index in [4.69, 9.17) is 46.4 Å². The minimum atomic E-state index is 0.0153. The van der Waals surface area contributed by atoms with Crippen molar-refractivity contribution in [3.05, 3.63) is 20.6 Å². The van der Waals surface area contributed by atoms with Crippen LogP contribution in [-0.2, 0) is 0 Å². The van der Waals surface area contributed by atoms with Crippen molar-refractivity contribution in [2.45, 2.75) is 39.0 Å². The third-order valence-corrected chi connectivity index (χ3v) is 3.16. The van der Waals surface area contributed by atoms with E-state index >= 15 is 0 Å². The van der Waals surface area contributed by atoms with Gasteiger partial charge >= 0.3 is 0 Å². The minimum absolute atomic E-state index is 0.0153. The van der Waals surface area contributed by atoms with Crippen molar-refractivity contribution in [3.8, 4) is 0 Å². The average molecular weight is 276 g/mol. The number of unbranched alkanes of at least 4 members (excludes halogenated alkanes) is 4. The van der Waals surface area contributed by atoms with Gasteiger partial charge in [-0.2, -0.15) is 0 Å². The van der Waals surface area contributed by atoms with Gasteiger partial charge in [-0.1, -0.05) is 78.7 Å². The van der Waals surface area contributed by atoms with Crippen LogP contribution >= 0.6 is 46.4 Å². The topological polar surface area (TPSA) is 0 Å². The zero-order chi connectivity index (χ0) is 11.0. The fraction of sp³-hybridized carbons (Fsp3) is 0.600. The van der Waals surface area contributed by atoms with Crippen LogP contribution in [0.15, 0.2) is 20.6 Å². The largest absolute Gasteiger partial charge is 0.126 e. The minimum Gasteiger partial charge on any atom is -0.0830 e. The molecule has 0 bridgehead atoms. The van der Waals surface area contributed by atoms with Gasteiger partial charge in [-0.05, 0) is 12.8 Å². The molecule has 0 atom stereocenters. The highest BCUT2D eigenvalue weighted by molar-refractivity contribution is 6.61. The zero-order valence-electron chi connectivity index (χ0n) is 8.12. The van der Waals surface area contributed by atoms with Crippen LogP contribution in [0.2, 0.25) is 0 Å². The van der Waals surface area contributed by atoms with Crippen LogP contribution < -0.4 is 0 Å². The molecular weight excluding hydrogens is 262 g/mol. The van der Waals surface area contributed by atoms with Gasteiger partial charge in [0.1, 0.15) is 4.49 Å². The van der Waals surface area contributed by atoms with Crippen LogP contribution in [0.25, 0.3) is 0 Å². The Hall–Kier alpha value is 0.640. The third-order valence-electron chi connectivity index (χ3n) is 1.76. The summed E-state index contributed by atoms with van der Waals surface area (Å²) in [6.45, 7) is 2.18. The second-order valence-corrected chi connectivity index (χ2v) is 4.71. The summed E-state index contributed by atoms with van der Waals surface area (Å²) in [5.74, 6) is 0. The Morgan fingerprint density at radius 1 is 1.00 bits per heavy atom. The molecule has 0 aromatic rings. The summed E-state index contributed by atoms with van der Waals surface area (Å²) < 4.78 is 0.0153. The molecule has 0 aliphatic carbocycles. The van der Waals surface area contributed by atoms with E-state index in [2.05, 4.69) is 6.92 Å². The maximum Gasteiger partial charge on any atom is 0.126 e. The molecule has 0 aliphatic rings. The van der Waals surface area contributed by atoms with Crippen LogP contribution in [-0.4, -0.2) is 0 Å². The fourth-order valence-electron chi connectivity index (χ4n) is 0.980. The lowest BCUT2D eigenvalue weighted by atomic mass is 10.1. The molecule has 0 N–H and O–H groups in total. The van der Waals surface area contributed by atoms with Crippen LogP contribution in [0.1, 0.15) is 39.0 Å². The van der Waals surface area contributed by atoms with Crippen molar-refractivity contribution >= 4 is 46.4 Å². The fourth-order valence-corrected chi connectivity index (χ4v) is 1.56. The third kappa shape index (κ3) is 7.00. The van der Waals surface area contributed by atoms with Gasteiger partial charge in [-0.15, -0.1) is 0 Å². The van der Waals surface area contributed by atoms with Crippen LogP contribution in [0, 0.1) is 0 Å². The first kappa shape index (κ1) is 14.6. The first-order valence-corrected chi connectivity index (χ1v) is 6.17. The summed E-state index contributed by atoms with van der Waals surface area (Å²) in [6.07, 6.45) is 7.58. The molecule has 0 aliphatic heterocycles. The Balaban J connectivity index is 3.84. The Labute approximate surface area is 106 Å². The Morgan fingerprint density at radius 2 is 1.64 bits per heavy atom. The van der Waals surface area contributed by atoms with E-state index in [9.17, 15) is 0 Å². The van der Waals surface area contributed by atoms with E-state index < -0.39 is 0 Å². The van der Waals surface area contributed by atoms with Gasteiger partial charge in [0.05, 0.1) is 10.1 Å². The van der Waals surface area contributed by atoms with E-state index in [0.717, 1.165) is 12.8 Å². The predicted octanol–water partition coefficient (Wildman–Crippen LogP) is 5.97. The normalized spacial score (nSPS) is 11.6. The molecular formula is C10H14Cl4. The summed E-state index contributed by atoms with van der Waals surface area (Å²) in [5, 5.41) is 0.661. The molecule has 0 radical (unpaired) electrons. The van der Waals surface area contributed by atoms with Gasteiger partial charge in [0.25, 0.3) is 0 Å². The second-order valence-electron chi connectivity index (χ2n) is 2.98. The number of rotatable bonds is 6. The molecule has 0 rings (SSSR count). The predicted molar refractivity (Wildman–Crippen MR) is 67.3 cm³/mol. The van der Waals surface area contributed by atoms with Crippen molar-refractivity contribution < 1.29 is 0 Å². The average Bonchev–Trinajstić information content (AvgIpc) is 2.16. The molecule has 0 aromatic heterocycles. The van der Waals surface area contributed by atoms with Crippen LogP contribution in [0.5, 0.6) is 0 Å². The Bertz CT molecular complexity index is 214. The summed E-state index contributed by atoms with van der Waals surface area (Å²) in [4.78, 5) is 0. The van der Waals surface area contributed by atoms with Crippen LogP contribution in [0.4, 0.5) is 0 Å². The number of halogens is 4. The highest BCUT2D eigenvalue weighted by Gasteiger charge is 2.02. The van der Waals surface area contributed by atoms with Gasteiger partial charge in [-0.25, -0.2) is 0 Å². The molecule has 0 saturated heterocycles. The molecule has 0 unspecified atom stereocenters. The standard InChI is InChI=1S/C10H14Cl4/c1-2-3-4-5-6-7-8(11)9(12)10(13)14/h7H,2-6H2,1H3. The van der Waals surface area contributed by atoms with Crippen molar-refractivity contribution in [2.24, 2.45) is 0 Å². The van der Waals surface area contributed by atoms with Gasteiger partial charge in [-0.3, -0.25) is 0 Å². The molecule has 0 amide bonds. The lowest BCUT2D eigenvalue weighted by Crippen LogP contribution is -1.77. The van der Waals surface area contributed by atoms with Crippen molar-refractivity contribution in [1.29, 1.82) is 0 Å². The van der Waals surface area contributed by atoms with Gasteiger partial charge in [0.2, 0.25) is 0 Å². The van der Waals surface area contributed by atoms with Gasteiger partial charge in [0.15, 0.2) is 0 Å². The monoisotopic (exact) mass is 274 g/mol. The quantitative estimate of drug-likeness (QED) is 0.414. The molecule has 0 fully saturated rings.